The molecule has 1 aromatic carbocycles. The zero-order valence-corrected chi connectivity index (χ0v) is 18.0. The number of rotatable bonds is 5. The van der Waals surface area contributed by atoms with Gasteiger partial charge >= 0.3 is 5.97 Å². The minimum Gasteiger partial charge on any atom is -0.454 e. The molecule has 2 saturated heterocycles. The fourth-order valence-electron chi connectivity index (χ4n) is 3.62. The summed E-state index contributed by atoms with van der Waals surface area (Å²) in [5, 5.41) is 50.8. The molecule has 3 rings (SSSR count). The number of benzene rings is 1. The van der Waals surface area contributed by atoms with Gasteiger partial charge in [0.05, 0.1) is 12.2 Å². The van der Waals surface area contributed by atoms with Gasteiger partial charge in [-0.25, -0.2) is 4.79 Å². The van der Waals surface area contributed by atoms with Gasteiger partial charge in [0.1, 0.15) is 30.5 Å². The van der Waals surface area contributed by atoms with E-state index >= 15 is 0 Å². The Kier molecular flexibility index (Phi) is 8.01. The summed E-state index contributed by atoms with van der Waals surface area (Å²) in [5.41, 5.74) is 1.87. The van der Waals surface area contributed by atoms with Crippen LogP contribution in [0.15, 0.2) is 30.3 Å². The number of carbonyl (C=O) groups is 1. The highest BCUT2D eigenvalue weighted by molar-refractivity contribution is 5.87. The van der Waals surface area contributed by atoms with E-state index in [4.69, 9.17) is 18.9 Å². The normalized spacial score (nSPS) is 40.4. The lowest BCUT2D eigenvalue weighted by molar-refractivity contribution is -0.356. The summed E-state index contributed by atoms with van der Waals surface area (Å²) in [6.45, 7) is 4.92. The maximum Gasteiger partial charge on any atom is 0.331 e. The minimum atomic E-state index is -1.64. The molecule has 0 saturated carbocycles. The molecule has 1 aromatic rings. The van der Waals surface area contributed by atoms with Crippen molar-refractivity contribution in [2.45, 2.75) is 82.2 Å². The number of aryl methyl sites for hydroxylation is 1. The second kappa shape index (κ2) is 10.4. The van der Waals surface area contributed by atoms with E-state index in [0.717, 1.165) is 11.1 Å². The van der Waals surface area contributed by atoms with E-state index in [2.05, 4.69) is 0 Å². The molecule has 2 aliphatic heterocycles. The maximum absolute atomic E-state index is 12.3. The van der Waals surface area contributed by atoms with Crippen LogP contribution in [0.1, 0.15) is 25.0 Å². The lowest BCUT2D eigenvalue weighted by Gasteiger charge is -2.45. The van der Waals surface area contributed by atoms with Gasteiger partial charge in [0, 0.05) is 6.08 Å². The molecule has 2 heterocycles. The van der Waals surface area contributed by atoms with E-state index in [1.54, 1.807) is 6.08 Å². The third kappa shape index (κ3) is 5.53. The Labute approximate surface area is 185 Å². The van der Waals surface area contributed by atoms with Gasteiger partial charge in [-0.15, -0.1) is 0 Å². The molecule has 10 unspecified atom stereocenters. The Morgan fingerprint density at radius 1 is 0.875 bits per heavy atom. The van der Waals surface area contributed by atoms with Crippen LogP contribution >= 0.6 is 0 Å². The van der Waals surface area contributed by atoms with E-state index in [0.29, 0.717) is 0 Å². The Hall–Kier alpha value is -1.89. The van der Waals surface area contributed by atoms with Crippen LogP contribution in [-0.4, -0.2) is 92.9 Å². The minimum absolute atomic E-state index is 0.735. The van der Waals surface area contributed by atoms with E-state index < -0.39 is 67.4 Å². The number of hydrogen-bond donors (Lipinski definition) is 5. The van der Waals surface area contributed by atoms with Crippen molar-refractivity contribution in [3.8, 4) is 0 Å². The molecule has 0 spiro atoms. The Morgan fingerprint density at radius 2 is 1.53 bits per heavy atom. The predicted molar refractivity (Wildman–Crippen MR) is 110 cm³/mol. The molecule has 2 aliphatic rings. The van der Waals surface area contributed by atoms with Crippen LogP contribution < -0.4 is 0 Å². The molecule has 178 valence electrons. The summed E-state index contributed by atoms with van der Waals surface area (Å²) in [7, 11) is 0. The van der Waals surface area contributed by atoms with Gasteiger partial charge in [-0.2, -0.15) is 0 Å². The third-order valence-corrected chi connectivity index (χ3v) is 5.61. The Balaban J connectivity index is 1.65. The molecule has 2 fully saturated rings. The first-order valence-corrected chi connectivity index (χ1v) is 10.4. The Bertz CT molecular complexity index is 796. The lowest BCUT2D eigenvalue weighted by atomic mass is 9.98. The topological polar surface area (TPSA) is 155 Å². The molecule has 0 radical (unpaired) electrons. The summed E-state index contributed by atoms with van der Waals surface area (Å²) in [5.74, 6) is -0.735. The number of ether oxygens (including phenoxy) is 4. The van der Waals surface area contributed by atoms with Crippen LogP contribution in [0.25, 0.3) is 6.08 Å². The SMILES string of the molecule is Cc1ccc(/C=C/C(=O)OC2C(C)OC(O)C(OC3OC(C)C(O)C(O)C3O)C2O)cc1. The van der Waals surface area contributed by atoms with Crippen molar-refractivity contribution in [1.82, 2.24) is 0 Å². The predicted octanol–water partition coefficient (Wildman–Crippen LogP) is -0.769. The monoisotopic (exact) mass is 454 g/mol. The van der Waals surface area contributed by atoms with Gasteiger partial charge in [-0.3, -0.25) is 0 Å². The molecule has 0 amide bonds. The number of aliphatic hydroxyl groups excluding tert-OH is 5. The number of aliphatic hydroxyl groups is 5. The second-order valence-electron chi connectivity index (χ2n) is 8.15. The molecule has 10 atom stereocenters. The summed E-state index contributed by atoms with van der Waals surface area (Å²) in [6, 6.07) is 7.46. The van der Waals surface area contributed by atoms with Gasteiger partial charge < -0.3 is 44.5 Å². The van der Waals surface area contributed by atoms with Crippen LogP contribution in [-0.2, 0) is 23.7 Å². The van der Waals surface area contributed by atoms with Gasteiger partial charge in [0.25, 0.3) is 0 Å². The summed E-state index contributed by atoms with van der Waals surface area (Å²) >= 11 is 0. The van der Waals surface area contributed by atoms with E-state index in [1.807, 2.05) is 31.2 Å². The van der Waals surface area contributed by atoms with Crippen molar-refractivity contribution in [2.75, 3.05) is 0 Å². The average molecular weight is 454 g/mol. The van der Waals surface area contributed by atoms with Crippen LogP contribution in [0.3, 0.4) is 0 Å². The first kappa shape index (κ1) is 24.7. The molecular formula is C22H30O10. The smallest absolute Gasteiger partial charge is 0.331 e. The van der Waals surface area contributed by atoms with Crippen molar-refractivity contribution in [3.63, 3.8) is 0 Å². The summed E-state index contributed by atoms with van der Waals surface area (Å²) in [4.78, 5) is 12.3. The standard InChI is InChI=1S/C22H30O10/c1-10-4-6-13(7-5-10)8-9-14(23)31-19-12(3)29-21(28)20(18(19)27)32-22-17(26)16(25)15(24)11(2)30-22/h4-9,11-12,15-22,24-28H,1-3H3/b9-8+. The largest absolute Gasteiger partial charge is 0.454 e. The average Bonchev–Trinajstić information content (AvgIpc) is 2.75. The van der Waals surface area contributed by atoms with E-state index in [9.17, 15) is 30.3 Å². The highest BCUT2D eigenvalue weighted by Crippen LogP contribution is 2.29. The van der Waals surface area contributed by atoms with Crippen molar-refractivity contribution in [2.24, 2.45) is 0 Å². The van der Waals surface area contributed by atoms with Crippen LogP contribution in [0.4, 0.5) is 0 Å². The highest BCUT2D eigenvalue weighted by Gasteiger charge is 2.50. The molecule has 5 N–H and O–H groups in total. The number of carbonyl (C=O) groups excluding carboxylic acids is 1. The lowest BCUT2D eigenvalue weighted by Crippen LogP contribution is -2.63. The zero-order chi connectivity index (χ0) is 23.6. The van der Waals surface area contributed by atoms with Crippen LogP contribution in [0, 0.1) is 6.92 Å². The van der Waals surface area contributed by atoms with Gasteiger partial charge in [-0.05, 0) is 32.4 Å². The third-order valence-electron chi connectivity index (χ3n) is 5.61. The van der Waals surface area contributed by atoms with Gasteiger partial charge in [-0.1, -0.05) is 29.8 Å². The maximum atomic E-state index is 12.3. The quantitative estimate of drug-likeness (QED) is 0.283. The number of esters is 1. The first-order valence-electron chi connectivity index (χ1n) is 10.4. The van der Waals surface area contributed by atoms with Crippen molar-refractivity contribution < 1.29 is 49.3 Å². The van der Waals surface area contributed by atoms with Crippen LogP contribution in [0.2, 0.25) is 0 Å². The summed E-state index contributed by atoms with van der Waals surface area (Å²) < 4.78 is 21.5. The molecule has 10 heteroatoms. The van der Waals surface area contributed by atoms with E-state index in [1.165, 1.54) is 19.9 Å². The zero-order valence-electron chi connectivity index (χ0n) is 18.0. The van der Waals surface area contributed by atoms with Crippen molar-refractivity contribution >= 4 is 12.0 Å². The fourth-order valence-corrected chi connectivity index (χ4v) is 3.62. The number of hydrogen-bond acceptors (Lipinski definition) is 10. The molecule has 32 heavy (non-hydrogen) atoms. The molecule has 0 aliphatic carbocycles. The second-order valence-corrected chi connectivity index (χ2v) is 8.15. The van der Waals surface area contributed by atoms with Crippen molar-refractivity contribution in [1.29, 1.82) is 0 Å². The van der Waals surface area contributed by atoms with Gasteiger partial charge in [0.15, 0.2) is 18.7 Å². The highest BCUT2D eigenvalue weighted by atomic mass is 16.7. The van der Waals surface area contributed by atoms with E-state index in [-0.39, 0.29) is 0 Å². The molecule has 0 aromatic heterocycles. The molecule has 0 bridgehead atoms. The fraction of sp³-hybridized carbons (Fsp3) is 0.591. The first-order chi connectivity index (χ1) is 15.1. The van der Waals surface area contributed by atoms with Crippen LogP contribution in [0.5, 0.6) is 0 Å². The summed E-state index contributed by atoms with van der Waals surface area (Å²) in [6.07, 6.45) is -10.8. The van der Waals surface area contributed by atoms with Gasteiger partial charge in [0.2, 0.25) is 0 Å². The molecular weight excluding hydrogens is 424 g/mol. The Morgan fingerprint density at radius 3 is 2.19 bits per heavy atom. The molecule has 10 nitrogen and oxygen atoms in total. The van der Waals surface area contributed by atoms with Crippen molar-refractivity contribution in [3.05, 3.63) is 41.5 Å².